The molecule has 0 radical (unpaired) electrons. The zero-order chi connectivity index (χ0) is 20.3. The number of ether oxygens (including phenoxy) is 2. The minimum Gasteiger partial charge on any atom is -0.497 e. The third kappa shape index (κ3) is 4.14. The van der Waals surface area contributed by atoms with Crippen LogP contribution in [0, 0.1) is 4.77 Å². The average molecular weight is 397 g/mol. The van der Waals surface area contributed by atoms with Crippen LogP contribution in [-0.2, 0) is 5.41 Å². The van der Waals surface area contributed by atoms with E-state index in [9.17, 15) is 0 Å². The van der Waals surface area contributed by atoms with E-state index in [2.05, 4.69) is 48.2 Å². The van der Waals surface area contributed by atoms with E-state index in [0.29, 0.717) is 22.1 Å². The molecule has 0 atom stereocenters. The second-order valence-corrected chi connectivity index (χ2v) is 7.73. The number of nitrogens with zero attached hydrogens (tertiary/aromatic N) is 3. The number of rotatable bonds is 5. The first-order chi connectivity index (χ1) is 13.3. The molecule has 28 heavy (non-hydrogen) atoms. The molecular weight excluding hydrogens is 372 g/mol. The standard InChI is InChI=1S/C21H24N4O2S/c1-21(2,3)15-8-6-14(7-9-15)13-22-25-19(23-24-20(25)28)17-11-10-16(26-4)12-18(17)27-5/h6-13H,1-5H3,(H,24,28)/b22-13-. The molecule has 6 nitrogen and oxygen atoms in total. The van der Waals surface area contributed by atoms with Gasteiger partial charge < -0.3 is 9.47 Å². The molecule has 0 spiro atoms. The summed E-state index contributed by atoms with van der Waals surface area (Å²) in [6.45, 7) is 6.57. The summed E-state index contributed by atoms with van der Waals surface area (Å²) in [6.07, 6.45) is 1.76. The lowest BCUT2D eigenvalue weighted by atomic mass is 9.87. The number of aromatic nitrogens is 3. The van der Waals surface area contributed by atoms with E-state index < -0.39 is 0 Å². The monoisotopic (exact) mass is 396 g/mol. The Bertz CT molecular complexity index is 1040. The Morgan fingerprint density at radius 1 is 1.07 bits per heavy atom. The number of benzene rings is 2. The normalized spacial score (nSPS) is 11.8. The van der Waals surface area contributed by atoms with Crippen molar-refractivity contribution >= 4 is 18.4 Å². The largest absolute Gasteiger partial charge is 0.497 e. The maximum atomic E-state index is 5.48. The van der Waals surface area contributed by atoms with E-state index >= 15 is 0 Å². The van der Waals surface area contributed by atoms with Crippen LogP contribution in [0.3, 0.4) is 0 Å². The summed E-state index contributed by atoms with van der Waals surface area (Å²) in [7, 11) is 3.21. The topological polar surface area (TPSA) is 64.4 Å². The van der Waals surface area contributed by atoms with Crippen LogP contribution in [0.5, 0.6) is 11.5 Å². The molecule has 2 aromatic carbocycles. The van der Waals surface area contributed by atoms with Crippen molar-refractivity contribution in [3.05, 3.63) is 58.4 Å². The van der Waals surface area contributed by atoms with Crippen LogP contribution in [0.1, 0.15) is 31.9 Å². The SMILES string of the molecule is COc1ccc(-c2n[nH]c(=S)n2/N=C\c2ccc(C(C)(C)C)cc2)c(OC)c1. The molecule has 1 heterocycles. The second kappa shape index (κ2) is 7.98. The average Bonchev–Trinajstić information content (AvgIpc) is 3.05. The van der Waals surface area contributed by atoms with Gasteiger partial charge in [-0.15, -0.1) is 0 Å². The predicted octanol–water partition coefficient (Wildman–Crippen LogP) is 4.80. The summed E-state index contributed by atoms with van der Waals surface area (Å²) < 4.78 is 12.7. The fourth-order valence-electron chi connectivity index (χ4n) is 2.75. The molecular formula is C21H24N4O2S. The summed E-state index contributed by atoms with van der Waals surface area (Å²) in [6, 6.07) is 13.8. The zero-order valence-electron chi connectivity index (χ0n) is 16.7. The molecule has 3 rings (SSSR count). The summed E-state index contributed by atoms with van der Waals surface area (Å²) in [5, 5.41) is 11.6. The summed E-state index contributed by atoms with van der Waals surface area (Å²) >= 11 is 5.35. The van der Waals surface area contributed by atoms with Crippen LogP contribution in [0.4, 0.5) is 0 Å². The molecule has 0 unspecified atom stereocenters. The lowest BCUT2D eigenvalue weighted by Gasteiger charge is -2.18. The number of hydrogen-bond donors (Lipinski definition) is 1. The van der Waals surface area contributed by atoms with Crippen LogP contribution < -0.4 is 9.47 Å². The highest BCUT2D eigenvalue weighted by molar-refractivity contribution is 7.71. The Balaban J connectivity index is 1.96. The van der Waals surface area contributed by atoms with E-state index in [-0.39, 0.29) is 5.41 Å². The Labute approximate surface area is 169 Å². The molecule has 3 aromatic rings. The van der Waals surface area contributed by atoms with Gasteiger partial charge in [0.15, 0.2) is 5.82 Å². The number of nitrogens with one attached hydrogen (secondary N) is 1. The van der Waals surface area contributed by atoms with E-state index in [1.165, 1.54) is 5.56 Å². The number of methoxy groups -OCH3 is 2. The van der Waals surface area contributed by atoms with E-state index in [1.54, 1.807) is 31.2 Å². The van der Waals surface area contributed by atoms with Gasteiger partial charge in [0.1, 0.15) is 11.5 Å². The molecule has 1 N–H and O–H groups in total. The highest BCUT2D eigenvalue weighted by atomic mass is 32.1. The van der Waals surface area contributed by atoms with Gasteiger partial charge in [-0.25, -0.2) is 5.10 Å². The summed E-state index contributed by atoms with van der Waals surface area (Å²) in [4.78, 5) is 0. The van der Waals surface area contributed by atoms with Crippen LogP contribution >= 0.6 is 12.2 Å². The minimum absolute atomic E-state index is 0.112. The molecule has 0 saturated carbocycles. The van der Waals surface area contributed by atoms with Crippen LogP contribution in [-0.4, -0.2) is 35.3 Å². The molecule has 7 heteroatoms. The van der Waals surface area contributed by atoms with Crippen molar-refractivity contribution in [3.8, 4) is 22.9 Å². The number of hydrogen-bond acceptors (Lipinski definition) is 5. The van der Waals surface area contributed by atoms with Crippen molar-refractivity contribution in [2.45, 2.75) is 26.2 Å². The van der Waals surface area contributed by atoms with Crippen molar-refractivity contribution in [3.63, 3.8) is 0 Å². The third-order valence-corrected chi connectivity index (χ3v) is 4.66. The van der Waals surface area contributed by atoms with Gasteiger partial charge in [-0.2, -0.15) is 14.9 Å². The first-order valence-electron chi connectivity index (χ1n) is 8.88. The van der Waals surface area contributed by atoms with E-state index in [1.807, 2.05) is 24.3 Å². The van der Waals surface area contributed by atoms with Crippen molar-refractivity contribution in [2.75, 3.05) is 14.2 Å². The molecule has 0 aliphatic heterocycles. The molecule has 0 saturated heterocycles. The molecule has 146 valence electrons. The first-order valence-corrected chi connectivity index (χ1v) is 9.29. The van der Waals surface area contributed by atoms with Gasteiger partial charge in [-0.3, -0.25) is 0 Å². The van der Waals surface area contributed by atoms with Crippen LogP contribution in [0.15, 0.2) is 47.6 Å². The molecule has 0 amide bonds. The maximum absolute atomic E-state index is 5.48. The van der Waals surface area contributed by atoms with Gasteiger partial charge in [0.2, 0.25) is 4.77 Å². The van der Waals surface area contributed by atoms with E-state index in [0.717, 1.165) is 11.1 Å². The quantitative estimate of drug-likeness (QED) is 0.497. The smallest absolute Gasteiger partial charge is 0.216 e. The highest BCUT2D eigenvalue weighted by Crippen LogP contribution is 2.32. The Kier molecular flexibility index (Phi) is 5.65. The van der Waals surface area contributed by atoms with Gasteiger partial charge in [-0.1, -0.05) is 45.0 Å². The third-order valence-electron chi connectivity index (χ3n) is 4.40. The minimum atomic E-state index is 0.112. The van der Waals surface area contributed by atoms with Gasteiger partial charge in [0.05, 0.1) is 26.0 Å². The van der Waals surface area contributed by atoms with Crippen molar-refractivity contribution in [2.24, 2.45) is 5.10 Å². The first kappa shape index (κ1) is 19.8. The van der Waals surface area contributed by atoms with E-state index in [4.69, 9.17) is 21.7 Å². The molecule has 0 fully saturated rings. The molecule has 0 bridgehead atoms. The Hall–Kier alpha value is -2.93. The van der Waals surface area contributed by atoms with Crippen LogP contribution in [0.25, 0.3) is 11.4 Å². The molecule has 1 aromatic heterocycles. The van der Waals surface area contributed by atoms with Crippen LogP contribution in [0.2, 0.25) is 0 Å². The Morgan fingerprint density at radius 3 is 2.39 bits per heavy atom. The number of H-pyrrole nitrogens is 1. The number of aromatic amines is 1. The highest BCUT2D eigenvalue weighted by Gasteiger charge is 2.15. The predicted molar refractivity (Wildman–Crippen MR) is 114 cm³/mol. The van der Waals surface area contributed by atoms with Crippen molar-refractivity contribution in [1.82, 2.24) is 14.9 Å². The lowest BCUT2D eigenvalue weighted by Crippen LogP contribution is -2.10. The molecule has 0 aliphatic rings. The van der Waals surface area contributed by atoms with Crippen molar-refractivity contribution in [1.29, 1.82) is 0 Å². The fraction of sp³-hybridized carbons (Fsp3) is 0.286. The van der Waals surface area contributed by atoms with Gasteiger partial charge >= 0.3 is 0 Å². The molecule has 0 aliphatic carbocycles. The lowest BCUT2D eigenvalue weighted by molar-refractivity contribution is 0.395. The van der Waals surface area contributed by atoms with Crippen molar-refractivity contribution < 1.29 is 9.47 Å². The zero-order valence-corrected chi connectivity index (χ0v) is 17.5. The van der Waals surface area contributed by atoms with Gasteiger partial charge in [0, 0.05) is 6.07 Å². The summed E-state index contributed by atoms with van der Waals surface area (Å²) in [5.74, 6) is 1.88. The Morgan fingerprint density at radius 2 is 1.79 bits per heavy atom. The van der Waals surface area contributed by atoms with Gasteiger partial charge in [-0.05, 0) is 40.9 Å². The summed E-state index contributed by atoms with van der Waals surface area (Å²) in [5.41, 5.74) is 3.12. The second-order valence-electron chi connectivity index (χ2n) is 7.35. The fourth-order valence-corrected chi connectivity index (χ4v) is 2.93. The van der Waals surface area contributed by atoms with Gasteiger partial charge in [0.25, 0.3) is 0 Å². The maximum Gasteiger partial charge on any atom is 0.216 e.